The van der Waals surface area contributed by atoms with Crippen molar-refractivity contribution in [2.75, 3.05) is 7.11 Å². The first-order valence-corrected chi connectivity index (χ1v) is 4.07. The quantitative estimate of drug-likeness (QED) is 0.662. The normalized spacial score (nSPS) is 10.3. The Balaban J connectivity index is 2.66. The molecule has 0 saturated heterocycles. The van der Waals surface area contributed by atoms with E-state index in [4.69, 9.17) is 4.74 Å². The van der Waals surface area contributed by atoms with Gasteiger partial charge in [-0.25, -0.2) is 4.98 Å². The molecular formula is C10H10N2O. The molecular weight excluding hydrogens is 164 g/mol. The summed E-state index contributed by atoms with van der Waals surface area (Å²) in [6.07, 6.45) is 1.75. The topological polar surface area (TPSA) is 35.0 Å². The fourth-order valence-electron chi connectivity index (χ4n) is 1.21. The summed E-state index contributed by atoms with van der Waals surface area (Å²) < 4.78 is 5.08. The van der Waals surface area contributed by atoms with Gasteiger partial charge in [0.25, 0.3) is 0 Å². The number of rotatable bonds is 1. The number of ether oxygens (including phenoxy) is 1. The van der Waals surface area contributed by atoms with Gasteiger partial charge in [0.1, 0.15) is 5.75 Å². The summed E-state index contributed by atoms with van der Waals surface area (Å²) >= 11 is 0. The standard InChI is InChI=1S/C10H10N2O/c1-7-6-11-10-5-8(13-2)3-4-9(10)12-7/h3-6H,1-2H3. The van der Waals surface area contributed by atoms with Gasteiger partial charge in [-0.2, -0.15) is 0 Å². The molecule has 1 aromatic heterocycles. The van der Waals surface area contributed by atoms with E-state index in [1.165, 1.54) is 0 Å². The summed E-state index contributed by atoms with van der Waals surface area (Å²) in [7, 11) is 1.64. The molecule has 2 aromatic rings. The Hall–Kier alpha value is -1.64. The molecule has 0 unspecified atom stereocenters. The van der Waals surface area contributed by atoms with Crippen LogP contribution in [0.4, 0.5) is 0 Å². The van der Waals surface area contributed by atoms with Crippen molar-refractivity contribution in [2.45, 2.75) is 6.92 Å². The number of hydrogen-bond donors (Lipinski definition) is 0. The van der Waals surface area contributed by atoms with Gasteiger partial charge in [0.05, 0.1) is 23.8 Å². The average molecular weight is 174 g/mol. The molecule has 0 aliphatic carbocycles. The van der Waals surface area contributed by atoms with Crippen LogP contribution >= 0.6 is 0 Å². The highest BCUT2D eigenvalue weighted by Crippen LogP contribution is 2.16. The highest BCUT2D eigenvalue weighted by atomic mass is 16.5. The Kier molecular flexibility index (Phi) is 1.85. The molecule has 3 nitrogen and oxygen atoms in total. The van der Waals surface area contributed by atoms with Crippen LogP contribution in [-0.2, 0) is 0 Å². The van der Waals surface area contributed by atoms with Crippen molar-refractivity contribution < 1.29 is 4.74 Å². The monoisotopic (exact) mass is 174 g/mol. The summed E-state index contributed by atoms with van der Waals surface area (Å²) in [5.74, 6) is 0.811. The van der Waals surface area contributed by atoms with E-state index in [1.807, 2.05) is 25.1 Å². The average Bonchev–Trinajstić information content (AvgIpc) is 2.17. The fraction of sp³-hybridized carbons (Fsp3) is 0.200. The SMILES string of the molecule is COc1ccc2nc(C)cnc2c1. The Morgan fingerprint density at radius 3 is 2.85 bits per heavy atom. The first-order chi connectivity index (χ1) is 6.29. The van der Waals surface area contributed by atoms with E-state index in [-0.39, 0.29) is 0 Å². The zero-order valence-electron chi connectivity index (χ0n) is 7.61. The van der Waals surface area contributed by atoms with Crippen molar-refractivity contribution >= 4 is 11.0 Å². The van der Waals surface area contributed by atoms with Crippen molar-refractivity contribution in [3.63, 3.8) is 0 Å². The third kappa shape index (κ3) is 1.45. The maximum Gasteiger partial charge on any atom is 0.121 e. The predicted octanol–water partition coefficient (Wildman–Crippen LogP) is 1.95. The van der Waals surface area contributed by atoms with E-state index in [1.54, 1.807) is 13.3 Å². The van der Waals surface area contributed by atoms with Crippen molar-refractivity contribution in [1.29, 1.82) is 0 Å². The number of methoxy groups -OCH3 is 1. The van der Waals surface area contributed by atoms with E-state index >= 15 is 0 Å². The molecule has 0 N–H and O–H groups in total. The van der Waals surface area contributed by atoms with Crippen LogP contribution < -0.4 is 4.74 Å². The van der Waals surface area contributed by atoms with Gasteiger partial charge in [-0.1, -0.05) is 0 Å². The second-order valence-electron chi connectivity index (χ2n) is 2.87. The first kappa shape index (κ1) is 7.98. The van der Waals surface area contributed by atoms with Gasteiger partial charge in [0.2, 0.25) is 0 Å². The molecule has 0 amide bonds. The van der Waals surface area contributed by atoms with Gasteiger partial charge in [0, 0.05) is 12.3 Å². The van der Waals surface area contributed by atoms with Crippen molar-refractivity contribution in [3.05, 3.63) is 30.1 Å². The minimum Gasteiger partial charge on any atom is -0.497 e. The molecule has 0 radical (unpaired) electrons. The molecule has 0 saturated carbocycles. The number of aromatic nitrogens is 2. The Labute approximate surface area is 76.4 Å². The van der Waals surface area contributed by atoms with E-state index in [9.17, 15) is 0 Å². The molecule has 2 rings (SSSR count). The molecule has 0 atom stereocenters. The van der Waals surface area contributed by atoms with Crippen LogP contribution in [0.15, 0.2) is 24.4 Å². The summed E-state index contributed by atoms with van der Waals surface area (Å²) in [6.45, 7) is 1.93. The minimum atomic E-state index is 0.811. The molecule has 0 aliphatic rings. The highest BCUT2D eigenvalue weighted by Gasteiger charge is 1.98. The Morgan fingerprint density at radius 2 is 2.08 bits per heavy atom. The van der Waals surface area contributed by atoms with Crippen LogP contribution in [0.1, 0.15) is 5.69 Å². The summed E-state index contributed by atoms with van der Waals surface area (Å²) in [5, 5.41) is 0. The van der Waals surface area contributed by atoms with Crippen LogP contribution in [0, 0.1) is 6.92 Å². The van der Waals surface area contributed by atoms with E-state index in [0.717, 1.165) is 22.5 Å². The third-order valence-electron chi connectivity index (χ3n) is 1.87. The molecule has 1 heterocycles. The van der Waals surface area contributed by atoms with Crippen molar-refractivity contribution in [2.24, 2.45) is 0 Å². The second-order valence-corrected chi connectivity index (χ2v) is 2.87. The largest absolute Gasteiger partial charge is 0.497 e. The number of benzene rings is 1. The number of hydrogen-bond acceptors (Lipinski definition) is 3. The zero-order valence-corrected chi connectivity index (χ0v) is 7.61. The van der Waals surface area contributed by atoms with Crippen molar-refractivity contribution in [1.82, 2.24) is 9.97 Å². The number of nitrogens with zero attached hydrogens (tertiary/aromatic N) is 2. The van der Waals surface area contributed by atoms with Crippen LogP contribution in [0.25, 0.3) is 11.0 Å². The number of aryl methyl sites for hydroxylation is 1. The smallest absolute Gasteiger partial charge is 0.121 e. The lowest BCUT2D eigenvalue weighted by Gasteiger charge is -2.01. The van der Waals surface area contributed by atoms with Gasteiger partial charge < -0.3 is 4.74 Å². The van der Waals surface area contributed by atoms with Gasteiger partial charge >= 0.3 is 0 Å². The Bertz CT molecular complexity index is 440. The lowest BCUT2D eigenvalue weighted by molar-refractivity contribution is 0.415. The van der Waals surface area contributed by atoms with Gasteiger partial charge in [-0.15, -0.1) is 0 Å². The van der Waals surface area contributed by atoms with Crippen LogP contribution in [0.2, 0.25) is 0 Å². The molecule has 1 aromatic carbocycles. The molecule has 13 heavy (non-hydrogen) atoms. The van der Waals surface area contributed by atoms with Crippen LogP contribution in [0.5, 0.6) is 5.75 Å². The lowest BCUT2D eigenvalue weighted by atomic mass is 10.3. The van der Waals surface area contributed by atoms with E-state index in [0.29, 0.717) is 0 Å². The summed E-state index contributed by atoms with van der Waals surface area (Å²) in [5.41, 5.74) is 2.70. The number of fused-ring (bicyclic) bond motifs is 1. The van der Waals surface area contributed by atoms with Gasteiger partial charge in [0.15, 0.2) is 0 Å². The first-order valence-electron chi connectivity index (χ1n) is 4.07. The molecule has 0 bridgehead atoms. The maximum absolute atomic E-state index is 5.08. The predicted molar refractivity (Wildman–Crippen MR) is 50.8 cm³/mol. The molecule has 3 heteroatoms. The lowest BCUT2D eigenvalue weighted by Crippen LogP contribution is -1.88. The van der Waals surface area contributed by atoms with E-state index in [2.05, 4.69) is 9.97 Å². The maximum atomic E-state index is 5.08. The molecule has 0 fully saturated rings. The summed E-state index contributed by atoms with van der Waals surface area (Å²) in [6, 6.07) is 5.67. The molecule has 66 valence electrons. The van der Waals surface area contributed by atoms with Crippen molar-refractivity contribution in [3.8, 4) is 5.75 Å². The van der Waals surface area contributed by atoms with Crippen LogP contribution in [0.3, 0.4) is 0 Å². The fourth-order valence-corrected chi connectivity index (χ4v) is 1.21. The second kappa shape index (κ2) is 3.01. The molecule has 0 aliphatic heterocycles. The summed E-state index contributed by atoms with van der Waals surface area (Å²) in [4.78, 5) is 8.58. The molecule has 0 spiro atoms. The van der Waals surface area contributed by atoms with Gasteiger partial charge in [-0.3, -0.25) is 4.98 Å². The van der Waals surface area contributed by atoms with Gasteiger partial charge in [-0.05, 0) is 19.1 Å². The Morgan fingerprint density at radius 1 is 1.23 bits per heavy atom. The zero-order chi connectivity index (χ0) is 9.26. The highest BCUT2D eigenvalue weighted by molar-refractivity contribution is 5.75. The minimum absolute atomic E-state index is 0.811. The third-order valence-corrected chi connectivity index (χ3v) is 1.87. The van der Waals surface area contributed by atoms with E-state index < -0.39 is 0 Å². The van der Waals surface area contributed by atoms with Crippen LogP contribution in [-0.4, -0.2) is 17.1 Å².